The molecular weight excluding hydrogens is 256 g/mol. The summed E-state index contributed by atoms with van der Waals surface area (Å²) in [5.74, 6) is -0.354. The summed E-state index contributed by atoms with van der Waals surface area (Å²) in [6.45, 7) is 1.78. The van der Waals surface area contributed by atoms with Crippen molar-refractivity contribution in [3.05, 3.63) is 71.3 Å². The van der Waals surface area contributed by atoms with Gasteiger partial charge in [0.15, 0.2) is 10.9 Å². The van der Waals surface area contributed by atoms with Crippen molar-refractivity contribution in [3.63, 3.8) is 0 Å². The zero-order valence-electron chi connectivity index (χ0n) is 10.5. The molecule has 0 aliphatic heterocycles. The minimum Gasteiger partial charge on any atom is -0.289 e. The molecule has 1 atom stereocenters. The topological polar surface area (TPSA) is 34.1 Å². The van der Waals surface area contributed by atoms with Gasteiger partial charge in [-0.3, -0.25) is 9.59 Å². The molecule has 2 rings (SSSR count). The van der Waals surface area contributed by atoms with Gasteiger partial charge in [-0.05, 0) is 11.6 Å². The lowest BCUT2D eigenvalue weighted by molar-refractivity contribution is -0.111. The lowest BCUT2D eigenvalue weighted by Gasteiger charge is -2.09. The summed E-state index contributed by atoms with van der Waals surface area (Å²) in [7, 11) is 0. The molecule has 0 N–H and O–H groups in total. The molecule has 0 amide bonds. The van der Waals surface area contributed by atoms with E-state index in [0.29, 0.717) is 11.1 Å². The molecule has 2 aromatic carbocycles. The fourth-order valence-electron chi connectivity index (χ4n) is 1.85. The molecule has 96 valence electrons. The maximum absolute atomic E-state index is 12.3. The van der Waals surface area contributed by atoms with E-state index in [0.717, 1.165) is 5.56 Å². The van der Waals surface area contributed by atoms with Crippen molar-refractivity contribution in [2.45, 2.75) is 12.8 Å². The van der Waals surface area contributed by atoms with Crippen molar-refractivity contribution in [2.75, 3.05) is 0 Å². The van der Waals surface area contributed by atoms with Crippen LogP contribution < -0.4 is 0 Å². The summed E-state index contributed by atoms with van der Waals surface area (Å²) in [6.07, 6.45) is 0. The summed E-state index contributed by atoms with van der Waals surface area (Å²) >= 11 is 3.84. The predicted octanol–water partition coefficient (Wildman–Crippen LogP) is 3.48. The molecule has 2 aromatic rings. The number of thiol groups is 1. The van der Waals surface area contributed by atoms with Crippen LogP contribution in [0.5, 0.6) is 0 Å². The highest BCUT2D eigenvalue weighted by atomic mass is 32.1. The summed E-state index contributed by atoms with van der Waals surface area (Å²) in [4.78, 5) is 23.6. The van der Waals surface area contributed by atoms with Crippen LogP contribution >= 0.6 is 12.6 Å². The second-order valence-electron chi connectivity index (χ2n) is 4.38. The van der Waals surface area contributed by atoms with Crippen molar-refractivity contribution in [3.8, 4) is 0 Å². The molecule has 0 heterocycles. The Morgan fingerprint density at radius 2 is 1.58 bits per heavy atom. The molecule has 0 unspecified atom stereocenters. The third-order valence-corrected chi connectivity index (χ3v) is 3.44. The number of benzene rings is 2. The molecule has 2 nitrogen and oxygen atoms in total. The maximum atomic E-state index is 12.3. The Labute approximate surface area is 117 Å². The van der Waals surface area contributed by atoms with Gasteiger partial charge >= 0.3 is 0 Å². The van der Waals surface area contributed by atoms with E-state index in [-0.39, 0.29) is 16.8 Å². The Morgan fingerprint density at radius 1 is 0.947 bits per heavy atom. The predicted molar refractivity (Wildman–Crippen MR) is 78.7 cm³/mol. The van der Waals surface area contributed by atoms with E-state index in [1.807, 2.05) is 24.3 Å². The molecule has 0 spiro atoms. The second kappa shape index (κ2) is 5.85. The first kappa shape index (κ1) is 13.6. The van der Waals surface area contributed by atoms with Crippen molar-refractivity contribution in [1.82, 2.24) is 0 Å². The zero-order valence-corrected chi connectivity index (χ0v) is 11.4. The third kappa shape index (κ3) is 3.12. The maximum Gasteiger partial charge on any atom is 0.193 e. The summed E-state index contributed by atoms with van der Waals surface area (Å²) in [5.41, 5.74) is 2.04. The number of hydrogen-bond acceptors (Lipinski definition) is 2. The first-order valence-electron chi connectivity index (χ1n) is 6.02. The number of carbonyl (C=O) groups is 2. The van der Waals surface area contributed by atoms with Crippen molar-refractivity contribution in [2.24, 2.45) is 0 Å². The van der Waals surface area contributed by atoms with Crippen LogP contribution in [0.2, 0.25) is 0 Å². The molecule has 0 saturated carbocycles. The Morgan fingerprint density at radius 3 is 2.21 bits per heavy atom. The SMILES string of the molecule is C[C@@H](C(=O)S)c1cccc(C(=O)c2ccccc2)c1. The van der Waals surface area contributed by atoms with Gasteiger partial charge in [0.25, 0.3) is 0 Å². The number of rotatable bonds is 4. The highest BCUT2D eigenvalue weighted by molar-refractivity contribution is 7.96. The van der Waals surface area contributed by atoms with Gasteiger partial charge in [-0.25, -0.2) is 0 Å². The molecule has 0 fully saturated rings. The highest BCUT2D eigenvalue weighted by Crippen LogP contribution is 2.20. The van der Waals surface area contributed by atoms with Gasteiger partial charge in [-0.1, -0.05) is 55.5 Å². The first-order valence-corrected chi connectivity index (χ1v) is 6.47. The van der Waals surface area contributed by atoms with Crippen molar-refractivity contribution >= 4 is 23.5 Å². The second-order valence-corrected chi connectivity index (χ2v) is 4.82. The van der Waals surface area contributed by atoms with Crippen LogP contribution in [0.15, 0.2) is 54.6 Å². The minimum absolute atomic E-state index is 0.0405. The molecular formula is C16H14O2S. The minimum atomic E-state index is -0.313. The lowest BCUT2D eigenvalue weighted by Crippen LogP contribution is -2.05. The monoisotopic (exact) mass is 270 g/mol. The molecule has 0 bridgehead atoms. The quantitative estimate of drug-likeness (QED) is 0.681. The van der Waals surface area contributed by atoms with Crippen LogP contribution in [-0.2, 0) is 4.79 Å². The normalized spacial score (nSPS) is 11.9. The van der Waals surface area contributed by atoms with E-state index in [9.17, 15) is 9.59 Å². The van der Waals surface area contributed by atoms with Gasteiger partial charge in [-0.15, -0.1) is 12.6 Å². The summed E-state index contributed by atoms with van der Waals surface area (Å²) in [5, 5.41) is -0.204. The molecule has 3 heteroatoms. The molecule has 0 radical (unpaired) electrons. The summed E-state index contributed by atoms with van der Waals surface area (Å²) in [6, 6.07) is 16.2. The highest BCUT2D eigenvalue weighted by Gasteiger charge is 2.14. The zero-order chi connectivity index (χ0) is 13.8. The first-order chi connectivity index (χ1) is 9.09. The lowest BCUT2D eigenvalue weighted by atomic mass is 9.96. The van der Waals surface area contributed by atoms with Crippen molar-refractivity contribution in [1.29, 1.82) is 0 Å². The van der Waals surface area contributed by atoms with Crippen LogP contribution in [-0.4, -0.2) is 10.9 Å². The van der Waals surface area contributed by atoms with Gasteiger partial charge in [0.1, 0.15) is 0 Å². The fourth-order valence-corrected chi connectivity index (χ4v) is 2.00. The van der Waals surface area contributed by atoms with E-state index < -0.39 is 0 Å². The van der Waals surface area contributed by atoms with Crippen molar-refractivity contribution < 1.29 is 9.59 Å². The summed E-state index contributed by atoms with van der Waals surface area (Å²) < 4.78 is 0. The van der Waals surface area contributed by atoms with Crippen LogP contribution in [0.25, 0.3) is 0 Å². The molecule has 0 saturated heterocycles. The fraction of sp³-hybridized carbons (Fsp3) is 0.125. The number of hydrogen-bond donors (Lipinski definition) is 1. The number of carbonyl (C=O) groups excluding carboxylic acids is 2. The standard InChI is InChI=1S/C16H14O2S/c1-11(16(18)19)13-8-5-9-14(10-13)15(17)12-6-3-2-4-7-12/h2-11H,1H3,(H,18,19)/t11-/m1/s1. The van der Waals surface area contributed by atoms with Gasteiger partial charge in [-0.2, -0.15) is 0 Å². The van der Waals surface area contributed by atoms with Gasteiger partial charge in [0, 0.05) is 11.1 Å². The Balaban J connectivity index is 2.34. The van der Waals surface area contributed by atoms with Crippen LogP contribution in [0.3, 0.4) is 0 Å². The number of ketones is 1. The van der Waals surface area contributed by atoms with Crippen LogP contribution in [0.4, 0.5) is 0 Å². The third-order valence-electron chi connectivity index (χ3n) is 3.06. The van der Waals surface area contributed by atoms with Gasteiger partial charge in [0.05, 0.1) is 5.92 Å². The van der Waals surface area contributed by atoms with E-state index in [4.69, 9.17) is 0 Å². The molecule has 0 aliphatic carbocycles. The van der Waals surface area contributed by atoms with E-state index in [1.165, 1.54) is 0 Å². The van der Waals surface area contributed by atoms with E-state index in [1.54, 1.807) is 37.3 Å². The molecule has 0 aromatic heterocycles. The average Bonchev–Trinajstić information content (AvgIpc) is 2.46. The largest absolute Gasteiger partial charge is 0.289 e. The van der Waals surface area contributed by atoms with E-state index >= 15 is 0 Å². The van der Waals surface area contributed by atoms with Gasteiger partial charge in [0.2, 0.25) is 0 Å². The van der Waals surface area contributed by atoms with Crippen LogP contribution in [0, 0.1) is 0 Å². The molecule has 0 aliphatic rings. The Kier molecular flexibility index (Phi) is 4.17. The Bertz CT molecular complexity index is 605. The van der Waals surface area contributed by atoms with Gasteiger partial charge < -0.3 is 0 Å². The smallest absolute Gasteiger partial charge is 0.193 e. The average molecular weight is 270 g/mol. The molecule has 19 heavy (non-hydrogen) atoms. The Hall–Kier alpha value is -1.87. The van der Waals surface area contributed by atoms with Crippen LogP contribution in [0.1, 0.15) is 34.3 Å². The van der Waals surface area contributed by atoms with E-state index in [2.05, 4.69) is 12.6 Å².